The van der Waals surface area contributed by atoms with E-state index in [9.17, 15) is 23.9 Å². The second kappa shape index (κ2) is 5.13. The molecule has 128 valence electrons. The lowest BCUT2D eigenvalue weighted by Gasteiger charge is -2.09. The first-order chi connectivity index (χ1) is 11.7. The predicted octanol–water partition coefficient (Wildman–Crippen LogP) is 0.970. The van der Waals surface area contributed by atoms with Crippen LogP contribution in [0.1, 0.15) is 27.3 Å². The molecule has 0 fully saturated rings. The Morgan fingerprint density at radius 3 is 2.80 bits per heavy atom. The summed E-state index contributed by atoms with van der Waals surface area (Å²) in [4.78, 5) is 48.5. The molecule has 0 saturated heterocycles. The van der Waals surface area contributed by atoms with Gasteiger partial charge in [0.2, 0.25) is 5.65 Å². The molecule has 1 aliphatic carbocycles. The monoisotopic (exact) mass is 361 g/mol. The summed E-state index contributed by atoms with van der Waals surface area (Å²) in [6.07, 6.45) is 1.19. The minimum Gasteiger partial charge on any atom is -0.476 e. The fourth-order valence-corrected chi connectivity index (χ4v) is 3.96. The molecule has 1 aliphatic rings. The molecule has 2 heterocycles. The number of nitrogens with one attached hydrogen (secondary N) is 1. The van der Waals surface area contributed by atoms with E-state index in [-0.39, 0.29) is 11.3 Å². The molecule has 0 amide bonds. The molecular formula is C15H12N3O6P. The number of aromatic carboxylic acids is 1. The first-order valence-electron chi connectivity index (χ1n) is 7.28. The van der Waals surface area contributed by atoms with Crippen LogP contribution in [-0.2, 0) is 17.1 Å². The molecule has 10 heteroatoms. The van der Waals surface area contributed by atoms with E-state index < -0.39 is 25.3 Å². The highest BCUT2D eigenvalue weighted by atomic mass is 31.2. The van der Waals surface area contributed by atoms with E-state index in [0.717, 1.165) is 0 Å². The van der Waals surface area contributed by atoms with E-state index in [4.69, 9.17) is 5.11 Å². The summed E-state index contributed by atoms with van der Waals surface area (Å²) in [5.74, 6) is -1.24. The van der Waals surface area contributed by atoms with Crippen LogP contribution in [-0.4, -0.2) is 35.2 Å². The van der Waals surface area contributed by atoms with Crippen molar-refractivity contribution in [1.82, 2.24) is 14.4 Å². The molecular weight excluding hydrogens is 349 g/mol. The van der Waals surface area contributed by atoms with Crippen LogP contribution in [0.3, 0.4) is 0 Å². The molecule has 4 rings (SSSR count). The Bertz CT molecular complexity index is 1160. The standard InChI is InChI=1S/C15H12N3O6P/c19-14-13-16-10(15(20)21)5-18(13)11-4-9-7(6-25(22,23)24)2-1-3-8(9)12(11)17-14/h1-3,5H,4,6H2,(H,17,19)(H,20,21)(H2,22,23,24). The predicted molar refractivity (Wildman–Crippen MR) is 86.8 cm³/mol. The van der Waals surface area contributed by atoms with E-state index in [1.54, 1.807) is 18.2 Å². The molecule has 0 radical (unpaired) electrons. The number of aromatic amines is 1. The van der Waals surface area contributed by atoms with Crippen molar-refractivity contribution in [2.24, 2.45) is 0 Å². The highest BCUT2D eigenvalue weighted by Gasteiger charge is 2.28. The summed E-state index contributed by atoms with van der Waals surface area (Å²) < 4.78 is 12.8. The zero-order chi connectivity index (χ0) is 17.9. The SMILES string of the molecule is O=C(O)c1cn2c3c([nH]c(=O)c2n1)-c1cccc(CP(=O)(O)O)c1C3. The number of hydrogen-bond donors (Lipinski definition) is 4. The number of carboxylic acid groups (broad SMARTS) is 1. The lowest BCUT2D eigenvalue weighted by atomic mass is 10.0. The van der Waals surface area contributed by atoms with Crippen LogP contribution in [0.15, 0.2) is 29.2 Å². The van der Waals surface area contributed by atoms with Crippen molar-refractivity contribution < 1.29 is 24.3 Å². The molecule has 1 aromatic carbocycles. The van der Waals surface area contributed by atoms with Crippen LogP contribution in [0.2, 0.25) is 0 Å². The van der Waals surface area contributed by atoms with Gasteiger partial charge in [-0.25, -0.2) is 9.78 Å². The van der Waals surface area contributed by atoms with Gasteiger partial charge in [-0.15, -0.1) is 0 Å². The lowest BCUT2D eigenvalue weighted by molar-refractivity contribution is 0.0691. The minimum atomic E-state index is -4.25. The Balaban J connectivity index is 1.95. The molecule has 9 nitrogen and oxygen atoms in total. The number of hydrogen-bond acceptors (Lipinski definition) is 4. The third-order valence-electron chi connectivity index (χ3n) is 4.21. The summed E-state index contributed by atoms with van der Waals surface area (Å²) >= 11 is 0. The number of benzene rings is 1. The molecule has 0 aliphatic heterocycles. The first-order valence-corrected chi connectivity index (χ1v) is 9.07. The van der Waals surface area contributed by atoms with Crippen molar-refractivity contribution in [2.75, 3.05) is 0 Å². The van der Waals surface area contributed by atoms with Crippen LogP contribution >= 0.6 is 7.60 Å². The summed E-state index contributed by atoms with van der Waals surface area (Å²) in [7, 11) is -4.25. The number of imidazole rings is 1. The molecule has 4 N–H and O–H groups in total. The van der Waals surface area contributed by atoms with Crippen molar-refractivity contribution in [1.29, 1.82) is 0 Å². The maximum Gasteiger partial charge on any atom is 0.356 e. The number of fused-ring (bicyclic) bond motifs is 5. The Morgan fingerprint density at radius 2 is 2.12 bits per heavy atom. The summed E-state index contributed by atoms with van der Waals surface area (Å²) in [6, 6.07) is 5.05. The third-order valence-corrected chi connectivity index (χ3v) is 4.96. The smallest absolute Gasteiger partial charge is 0.356 e. The van der Waals surface area contributed by atoms with Gasteiger partial charge in [0.15, 0.2) is 5.69 Å². The summed E-state index contributed by atoms with van der Waals surface area (Å²) in [5, 5.41) is 9.10. The normalized spacial score (nSPS) is 13.0. The molecule has 0 bridgehead atoms. The van der Waals surface area contributed by atoms with Crippen molar-refractivity contribution in [3.05, 3.63) is 57.3 Å². The Morgan fingerprint density at radius 1 is 1.36 bits per heavy atom. The molecule has 3 aromatic rings. The van der Waals surface area contributed by atoms with Crippen molar-refractivity contribution in [2.45, 2.75) is 12.6 Å². The van der Waals surface area contributed by atoms with Crippen molar-refractivity contribution >= 4 is 19.2 Å². The number of carboxylic acids is 1. The van der Waals surface area contributed by atoms with E-state index in [2.05, 4.69) is 9.97 Å². The largest absolute Gasteiger partial charge is 0.476 e. The number of nitrogens with zero attached hydrogens (tertiary/aromatic N) is 2. The van der Waals surface area contributed by atoms with Gasteiger partial charge in [0.1, 0.15) is 0 Å². The van der Waals surface area contributed by atoms with Crippen LogP contribution in [0, 0.1) is 0 Å². The van der Waals surface area contributed by atoms with Gasteiger partial charge in [-0.2, -0.15) is 0 Å². The van der Waals surface area contributed by atoms with Gasteiger partial charge in [0.25, 0.3) is 5.56 Å². The molecule has 0 unspecified atom stereocenters. The number of aromatic nitrogens is 3. The third kappa shape index (κ3) is 2.49. The van der Waals surface area contributed by atoms with Crippen LogP contribution in [0.5, 0.6) is 0 Å². The van der Waals surface area contributed by atoms with Crippen molar-refractivity contribution in [3.8, 4) is 11.3 Å². The van der Waals surface area contributed by atoms with Gasteiger partial charge in [0.05, 0.1) is 17.5 Å². The maximum absolute atomic E-state index is 12.2. The first kappa shape index (κ1) is 15.8. The highest BCUT2D eigenvalue weighted by Crippen LogP contribution is 2.44. The van der Waals surface area contributed by atoms with Crippen LogP contribution in [0.25, 0.3) is 16.9 Å². The molecule has 0 spiro atoms. The minimum absolute atomic E-state index is 0.0273. The molecule has 25 heavy (non-hydrogen) atoms. The van der Waals surface area contributed by atoms with Gasteiger partial charge >= 0.3 is 13.6 Å². The van der Waals surface area contributed by atoms with E-state index in [1.807, 2.05) is 0 Å². The second-order valence-corrected chi connectivity index (χ2v) is 7.49. The molecule has 0 atom stereocenters. The van der Waals surface area contributed by atoms with Gasteiger partial charge in [0, 0.05) is 18.2 Å². The average Bonchev–Trinajstić information content (AvgIpc) is 3.09. The summed E-state index contributed by atoms with van der Waals surface area (Å²) in [5.41, 5.74) is 2.21. The van der Waals surface area contributed by atoms with Crippen LogP contribution < -0.4 is 5.56 Å². The zero-order valence-electron chi connectivity index (χ0n) is 12.6. The fraction of sp³-hybridized carbons (Fsp3) is 0.133. The Kier molecular flexibility index (Phi) is 3.23. The zero-order valence-corrected chi connectivity index (χ0v) is 13.5. The highest BCUT2D eigenvalue weighted by molar-refractivity contribution is 7.50. The van der Waals surface area contributed by atoms with Gasteiger partial charge in [-0.1, -0.05) is 18.2 Å². The quantitative estimate of drug-likeness (QED) is 0.398. The van der Waals surface area contributed by atoms with Gasteiger partial charge < -0.3 is 19.9 Å². The number of H-pyrrole nitrogens is 1. The van der Waals surface area contributed by atoms with Crippen molar-refractivity contribution in [3.63, 3.8) is 0 Å². The van der Waals surface area contributed by atoms with E-state index >= 15 is 0 Å². The Hall–Kier alpha value is -2.74. The average molecular weight is 361 g/mol. The Labute approximate surface area is 139 Å². The number of carbonyl (C=O) groups is 1. The lowest BCUT2D eigenvalue weighted by Crippen LogP contribution is -2.13. The topological polar surface area (TPSA) is 145 Å². The molecule has 0 saturated carbocycles. The van der Waals surface area contributed by atoms with Crippen LogP contribution in [0.4, 0.5) is 0 Å². The fourth-order valence-electron chi connectivity index (χ4n) is 3.22. The maximum atomic E-state index is 12.2. The van der Waals surface area contributed by atoms with E-state index in [1.165, 1.54) is 10.6 Å². The van der Waals surface area contributed by atoms with Gasteiger partial charge in [-0.3, -0.25) is 13.8 Å². The van der Waals surface area contributed by atoms with E-state index in [0.29, 0.717) is 34.5 Å². The summed E-state index contributed by atoms with van der Waals surface area (Å²) in [6.45, 7) is 0. The second-order valence-electron chi connectivity index (χ2n) is 5.84. The van der Waals surface area contributed by atoms with Gasteiger partial charge in [-0.05, 0) is 11.1 Å². The number of rotatable bonds is 3. The molecule has 2 aromatic heterocycles.